The molecular weight excluding hydrogens is 1500 g/mol. The Balaban J connectivity index is 2.97. The molecule has 2 heterocycles. The molecule has 0 unspecified atom stereocenters. The van der Waals surface area contributed by atoms with Gasteiger partial charge < -0.3 is 139 Å². The summed E-state index contributed by atoms with van der Waals surface area (Å²) in [7, 11) is 0. The van der Waals surface area contributed by atoms with Crippen LogP contribution in [0.5, 0.6) is 0 Å². The Morgan fingerprint density at radius 2 is 0.893 bits per heavy atom. The molecular formula is C65H103N15O32. The number of primary amides is 3. The van der Waals surface area contributed by atoms with Crippen molar-refractivity contribution < 1.29 is 153 Å². The number of hydrogen-bond acceptors (Lipinski definition) is 33. The minimum atomic E-state index is -2.25. The van der Waals surface area contributed by atoms with Gasteiger partial charge in [-0.05, 0) is 31.1 Å². The van der Waals surface area contributed by atoms with Crippen molar-refractivity contribution in [2.45, 2.75) is 237 Å². The normalized spacial score (nSPS) is 21.8. The number of esters is 7. The highest BCUT2D eigenvalue weighted by Gasteiger charge is 2.58. The molecule has 0 bridgehead atoms. The van der Waals surface area contributed by atoms with Crippen LogP contribution in [0.25, 0.3) is 0 Å². The maximum absolute atomic E-state index is 15.2. The van der Waals surface area contributed by atoms with E-state index >= 15 is 4.79 Å². The van der Waals surface area contributed by atoms with Gasteiger partial charge in [-0.3, -0.25) is 96.1 Å². The summed E-state index contributed by atoms with van der Waals surface area (Å²) in [6.07, 6.45) is -23.2. The predicted molar refractivity (Wildman–Crippen MR) is 373 cm³/mol. The Labute approximate surface area is 640 Å². The number of carboxylic acid groups (broad SMARTS) is 1. The number of amides is 11. The first-order chi connectivity index (χ1) is 52.3. The van der Waals surface area contributed by atoms with Crippen molar-refractivity contribution in [3.05, 3.63) is 0 Å². The summed E-state index contributed by atoms with van der Waals surface area (Å²) in [6.45, 7) is 7.28. The molecule has 20 atom stereocenters. The van der Waals surface area contributed by atoms with E-state index in [4.69, 9.17) is 91.6 Å². The van der Waals surface area contributed by atoms with Gasteiger partial charge in [-0.15, -0.1) is 0 Å². The fraction of sp³-hybridized carbons (Fsp3) is 0.692. The topological polar surface area (TPSA) is 731 Å². The van der Waals surface area contributed by atoms with Crippen LogP contribution in [0.3, 0.4) is 0 Å². The van der Waals surface area contributed by atoms with Gasteiger partial charge in [0.15, 0.2) is 49.1 Å². The van der Waals surface area contributed by atoms with Crippen LogP contribution in [0.4, 0.5) is 0 Å². The highest BCUT2D eigenvalue weighted by molar-refractivity contribution is 5.99. The molecule has 2 rings (SSSR count). The first-order valence-electron chi connectivity index (χ1n) is 34.9. The number of rotatable bonds is 47. The zero-order chi connectivity index (χ0) is 85.1. The van der Waals surface area contributed by atoms with Crippen molar-refractivity contribution in [3.63, 3.8) is 0 Å². The third kappa shape index (κ3) is 34.1. The maximum Gasteiger partial charge on any atom is 0.305 e. The van der Waals surface area contributed by atoms with E-state index in [9.17, 15) is 91.4 Å². The lowest BCUT2D eigenvalue weighted by Gasteiger charge is -2.48. The molecule has 2 fully saturated rings. The molecule has 0 aromatic carbocycles. The first kappa shape index (κ1) is 97.0. The molecule has 22 N–H and O–H groups in total. The molecule has 2 aliphatic heterocycles. The number of hydrogen-bond donors (Lipinski definition) is 16. The lowest BCUT2D eigenvalue weighted by atomic mass is 9.96. The summed E-state index contributed by atoms with van der Waals surface area (Å²) in [4.78, 5) is 255. The Bertz CT molecular complexity index is 3400. The summed E-state index contributed by atoms with van der Waals surface area (Å²) in [5.74, 6) is -24.4. The molecule has 2 aliphatic rings. The summed E-state index contributed by atoms with van der Waals surface area (Å²) in [5.41, 5.74) is 32.8. The van der Waals surface area contributed by atoms with E-state index in [-0.39, 0.29) is 38.2 Å². The SMILES string of the molecule is CC[C@H](C)[C@H](NC(=O)CNC(=O)[C@@H](N)CC(=O)O)C(=O)N[C@@H](CO[C@@H]1O[C@H](COC(C)=O)[C@H](O[C@H]2O[C@H](COC(C)=O)[C@H](OC(C)=O)[C@H](OC(C)=O)[C@H]2OC(C)=O)[C@H](OC(C)=O)[C@H]1OC(C)=O)C(=O)N[C@@H](CCC(N)=O)C(=O)N[C@H](C(=O)N[C@@H](CC(N)=O)C(=O)N[C@@H](CO)C(=O)N[C@@H](CCCN=C(N)N)C(N)=O)[C@@H](C)CC. The summed E-state index contributed by atoms with van der Waals surface area (Å²) < 4.78 is 63.5. The number of guanidine groups is 1. The molecule has 0 radical (unpaired) electrons. The number of nitrogens with two attached hydrogens (primary N) is 6. The van der Waals surface area contributed by atoms with Crippen LogP contribution in [-0.2, 0) is 143 Å². The van der Waals surface area contributed by atoms with Gasteiger partial charge in [-0.1, -0.05) is 40.5 Å². The number of nitrogens with one attached hydrogen (secondary N) is 8. The van der Waals surface area contributed by atoms with Gasteiger partial charge >= 0.3 is 47.8 Å². The Kier molecular flexibility index (Phi) is 41.5. The van der Waals surface area contributed by atoms with Gasteiger partial charge in [0.2, 0.25) is 65.0 Å². The van der Waals surface area contributed by atoms with E-state index < -0.39 is 293 Å². The third-order valence-electron chi connectivity index (χ3n) is 16.5. The lowest BCUT2D eigenvalue weighted by molar-refractivity contribution is -0.361. The van der Waals surface area contributed by atoms with E-state index in [1.807, 2.05) is 0 Å². The molecule has 0 aromatic heterocycles. The number of carbonyl (C=O) groups is 19. The van der Waals surface area contributed by atoms with Gasteiger partial charge in [0.25, 0.3) is 0 Å². The fourth-order valence-electron chi connectivity index (χ4n) is 10.7. The Morgan fingerprint density at radius 3 is 1.37 bits per heavy atom. The number of aliphatic hydroxyl groups is 1. The van der Waals surface area contributed by atoms with Crippen LogP contribution < -0.4 is 76.9 Å². The van der Waals surface area contributed by atoms with Gasteiger partial charge in [0, 0.05) is 61.4 Å². The fourth-order valence-corrected chi connectivity index (χ4v) is 10.7. The molecule has 47 nitrogen and oxygen atoms in total. The number of carboxylic acids is 1. The Morgan fingerprint density at radius 1 is 0.464 bits per heavy atom. The largest absolute Gasteiger partial charge is 0.481 e. The molecule has 630 valence electrons. The molecule has 0 aromatic rings. The minimum absolute atomic E-state index is 0.00948. The van der Waals surface area contributed by atoms with Crippen LogP contribution >= 0.6 is 0 Å². The van der Waals surface area contributed by atoms with Crippen molar-refractivity contribution in [2.24, 2.45) is 51.2 Å². The number of aliphatic hydroxyl groups excluding tert-OH is 1. The average Bonchev–Trinajstić information content (AvgIpc) is 0.764. The minimum Gasteiger partial charge on any atom is -0.481 e. The average molecular weight is 1610 g/mol. The van der Waals surface area contributed by atoms with E-state index in [2.05, 4.69) is 47.5 Å². The lowest BCUT2D eigenvalue weighted by Crippen LogP contribution is -2.67. The van der Waals surface area contributed by atoms with E-state index in [1.165, 1.54) is 13.8 Å². The summed E-state index contributed by atoms with van der Waals surface area (Å²) >= 11 is 0. The van der Waals surface area contributed by atoms with Crippen LogP contribution in [-0.4, -0.2) is 278 Å². The number of aliphatic imine (C=N–C) groups is 1. The number of carbonyl (C=O) groups excluding carboxylic acids is 18. The predicted octanol–water partition coefficient (Wildman–Crippen LogP) is -9.30. The molecule has 0 saturated carbocycles. The molecule has 2 saturated heterocycles. The monoisotopic (exact) mass is 1610 g/mol. The zero-order valence-corrected chi connectivity index (χ0v) is 63.5. The Hall–Kier alpha value is -11.0. The van der Waals surface area contributed by atoms with Crippen molar-refractivity contribution in [1.29, 1.82) is 0 Å². The second kappa shape index (κ2) is 47.9. The van der Waals surface area contributed by atoms with Crippen LogP contribution in [0.2, 0.25) is 0 Å². The molecule has 112 heavy (non-hydrogen) atoms. The van der Waals surface area contributed by atoms with Crippen LogP contribution in [0.15, 0.2) is 4.99 Å². The molecule has 47 heteroatoms. The summed E-state index contributed by atoms with van der Waals surface area (Å²) in [5, 5.41) is 37.6. The first-order valence-corrected chi connectivity index (χ1v) is 34.9. The van der Waals surface area contributed by atoms with Gasteiger partial charge in [-0.25, -0.2) is 0 Å². The van der Waals surface area contributed by atoms with Crippen LogP contribution in [0.1, 0.15) is 128 Å². The van der Waals surface area contributed by atoms with E-state index in [1.54, 1.807) is 13.8 Å². The highest BCUT2D eigenvalue weighted by atomic mass is 16.8. The molecule has 11 amide bonds. The van der Waals surface area contributed by atoms with Crippen molar-refractivity contribution in [3.8, 4) is 0 Å². The maximum atomic E-state index is 15.2. The standard InChI is InChI=1S/C65H103N15O32/c1-12-26(3)47(79-45(91)21-73-56(95)35(66)19-46(92)93)61(100)78-40(60(99)75-37(16-17-43(67)89)57(96)80-48(27(4)13-2)62(101)76-38(20-44(68)90)58(97)77-39(22-81)59(98)74-36(55(69)94)15-14-18-72-65(70)71)23-104-63-53(108-33(10)87)52(107-32(9)86)50(42(110-63)25-103-29(6)83)112-64-54(109-34(11)88)51(106-31(8)85)49(105-30(7)84)41(111-64)24-102-28(5)82/h26-27,35-42,47-54,63-64,81H,12-25,66H2,1-11H3,(H2,67,89)(H2,68,90)(H2,69,94)(H,73,95)(H,74,98)(H,75,99)(H,76,101)(H,77,97)(H,78,100)(H,79,91)(H,80,96)(H,92,93)(H4,70,71,72)/t26-,27-,35-,36-,37-,38-,39-,40-,41+,42+,47-,48-,49-,50-,51-,52-,53+,54+,63+,64+/m0/s1. The number of aliphatic carboxylic acids is 1. The molecule has 0 aliphatic carbocycles. The zero-order valence-electron chi connectivity index (χ0n) is 63.5. The number of nitrogens with zero attached hydrogens (tertiary/aromatic N) is 1. The van der Waals surface area contributed by atoms with Crippen LogP contribution in [0, 0.1) is 11.8 Å². The second-order valence-corrected chi connectivity index (χ2v) is 25.7. The van der Waals surface area contributed by atoms with Crippen molar-refractivity contribution >= 4 is 119 Å². The van der Waals surface area contributed by atoms with E-state index in [0.717, 1.165) is 48.5 Å². The quantitative estimate of drug-likeness (QED) is 0.00884. The number of ether oxygens (including phenoxy) is 11. The third-order valence-corrected chi connectivity index (χ3v) is 16.5. The molecule has 0 spiro atoms. The van der Waals surface area contributed by atoms with Gasteiger partial charge in [-0.2, -0.15) is 0 Å². The smallest absolute Gasteiger partial charge is 0.305 e. The highest BCUT2D eigenvalue weighted by Crippen LogP contribution is 2.36. The van der Waals surface area contributed by atoms with Gasteiger partial charge in [0.05, 0.1) is 38.6 Å². The second-order valence-electron chi connectivity index (χ2n) is 25.7. The summed E-state index contributed by atoms with van der Waals surface area (Å²) in [6, 6.07) is -14.6. The van der Waals surface area contributed by atoms with Crippen molar-refractivity contribution in [1.82, 2.24) is 42.5 Å². The van der Waals surface area contributed by atoms with Crippen molar-refractivity contribution in [2.75, 3.05) is 39.5 Å². The van der Waals surface area contributed by atoms with E-state index in [0.29, 0.717) is 0 Å². The van der Waals surface area contributed by atoms with Gasteiger partial charge in [0.1, 0.15) is 73.8 Å².